The van der Waals surface area contributed by atoms with Gasteiger partial charge in [0.15, 0.2) is 0 Å². The zero-order chi connectivity index (χ0) is 10.6. The molecule has 4 nitrogen and oxygen atoms in total. The fourth-order valence-corrected chi connectivity index (χ4v) is 1.79. The van der Waals surface area contributed by atoms with Gasteiger partial charge in [-0.25, -0.2) is 4.79 Å². The van der Waals surface area contributed by atoms with Crippen molar-refractivity contribution in [3.63, 3.8) is 0 Å². The lowest BCUT2D eigenvalue weighted by Gasteiger charge is -2.22. The summed E-state index contributed by atoms with van der Waals surface area (Å²) in [5.41, 5.74) is 0. The number of nitrogens with zero attached hydrogens (tertiary/aromatic N) is 1. The van der Waals surface area contributed by atoms with E-state index in [2.05, 4.69) is 4.74 Å². The Bertz CT molecular complexity index is 221. The van der Waals surface area contributed by atoms with Gasteiger partial charge in [-0.05, 0) is 19.8 Å². The first-order chi connectivity index (χ1) is 6.66. The molecule has 80 valence electrons. The molecule has 0 aromatic heterocycles. The van der Waals surface area contributed by atoms with Crippen molar-refractivity contribution >= 4 is 11.9 Å². The first-order valence-corrected chi connectivity index (χ1v) is 5.10. The van der Waals surface area contributed by atoms with Crippen LogP contribution in [0.5, 0.6) is 0 Å². The smallest absolute Gasteiger partial charge is 0.397 e. The molecule has 1 aliphatic carbocycles. The molecule has 0 aromatic carbocycles. The van der Waals surface area contributed by atoms with E-state index >= 15 is 0 Å². The van der Waals surface area contributed by atoms with Crippen molar-refractivity contribution in [2.45, 2.75) is 38.6 Å². The van der Waals surface area contributed by atoms with Crippen LogP contribution in [0.3, 0.4) is 0 Å². The highest BCUT2D eigenvalue weighted by Gasteiger charge is 2.28. The van der Waals surface area contributed by atoms with Crippen molar-refractivity contribution in [3.05, 3.63) is 0 Å². The van der Waals surface area contributed by atoms with Gasteiger partial charge in [-0.1, -0.05) is 12.8 Å². The van der Waals surface area contributed by atoms with E-state index in [4.69, 9.17) is 0 Å². The highest BCUT2D eigenvalue weighted by molar-refractivity contribution is 6.32. The van der Waals surface area contributed by atoms with Crippen molar-refractivity contribution < 1.29 is 14.3 Å². The molecule has 0 saturated heterocycles. The number of rotatable bonds is 2. The summed E-state index contributed by atoms with van der Waals surface area (Å²) < 4.78 is 4.65. The lowest BCUT2D eigenvalue weighted by molar-refractivity contribution is -0.160. The highest BCUT2D eigenvalue weighted by Crippen LogP contribution is 2.22. The van der Waals surface area contributed by atoms with E-state index in [1.807, 2.05) is 0 Å². The molecule has 0 N–H and O–H groups in total. The number of esters is 1. The minimum absolute atomic E-state index is 0.229. The van der Waals surface area contributed by atoms with Crippen molar-refractivity contribution in [2.24, 2.45) is 0 Å². The second kappa shape index (κ2) is 4.98. The van der Waals surface area contributed by atoms with Gasteiger partial charge in [0, 0.05) is 13.1 Å². The second-order valence-electron chi connectivity index (χ2n) is 3.57. The summed E-state index contributed by atoms with van der Waals surface area (Å²) >= 11 is 0. The van der Waals surface area contributed by atoms with Crippen LogP contribution in [0.25, 0.3) is 0 Å². The first kappa shape index (κ1) is 11.0. The number of likely N-dealkylation sites (N-methyl/N-ethyl adjacent to an activating group) is 1. The predicted molar refractivity (Wildman–Crippen MR) is 51.7 cm³/mol. The van der Waals surface area contributed by atoms with Gasteiger partial charge in [-0.15, -0.1) is 0 Å². The Morgan fingerprint density at radius 2 is 1.93 bits per heavy atom. The second-order valence-corrected chi connectivity index (χ2v) is 3.57. The molecule has 1 rings (SSSR count). The molecule has 1 fully saturated rings. The van der Waals surface area contributed by atoms with E-state index in [-0.39, 0.29) is 12.6 Å². The Labute approximate surface area is 84.2 Å². The maximum absolute atomic E-state index is 11.5. The van der Waals surface area contributed by atoms with Crippen LogP contribution in [0.15, 0.2) is 0 Å². The molecule has 0 aliphatic heterocycles. The average Bonchev–Trinajstić information content (AvgIpc) is 2.68. The van der Waals surface area contributed by atoms with E-state index < -0.39 is 11.9 Å². The van der Waals surface area contributed by atoms with Crippen molar-refractivity contribution in [1.82, 2.24) is 4.90 Å². The molecule has 1 saturated carbocycles. The third-order valence-corrected chi connectivity index (χ3v) is 2.64. The molecular weight excluding hydrogens is 182 g/mol. The van der Waals surface area contributed by atoms with Gasteiger partial charge < -0.3 is 9.64 Å². The largest absolute Gasteiger partial charge is 0.459 e. The van der Waals surface area contributed by atoms with Crippen molar-refractivity contribution in [2.75, 3.05) is 13.7 Å². The minimum atomic E-state index is -0.734. The number of carbonyl (C=O) groups excluding carboxylic acids is 2. The Morgan fingerprint density at radius 1 is 1.36 bits per heavy atom. The van der Waals surface area contributed by atoms with Gasteiger partial charge in [0.2, 0.25) is 0 Å². The predicted octanol–water partition coefficient (Wildman–Crippen LogP) is 0.950. The summed E-state index contributed by atoms with van der Waals surface area (Å²) in [6.07, 6.45) is 4.29. The van der Waals surface area contributed by atoms with E-state index in [9.17, 15) is 9.59 Å². The summed E-state index contributed by atoms with van der Waals surface area (Å²) in [4.78, 5) is 24.1. The lowest BCUT2D eigenvalue weighted by atomic mass is 10.2. The number of ether oxygens (including phenoxy) is 1. The monoisotopic (exact) mass is 199 g/mol. The average molecular weight is 199 g/mol. The third kappa shape index (κ3) is 2.47. The molecule has 0 heterocycles. The van der Waals surface area contributed by atoms with Crippen LogP contribution in [-0.4, -0.2) is 36.5 Å². The molecule has 0 radical (unpaired) electrons. The van der Waals surface area contributed by atoms with Crippen LogP contribution in [-0.2, 0) is 14.3 Å². The van der Waals surface area contributed by atoms with Crippen LogP contribution in [0.2, 0.25) is 0 Å². The van der Waals surface area contributed by atoms with Crippen LogP contribution in [0, 0.1) is 0 Å². The molecule has 0 atom stereocenters. The topological polar surface area (TPSA) is 46.6 Å². The van der Waals surface area contributed by atoms with Crippen molar-refractivity contribution in [1.29, 1.82) is 0 Å². The van der Waals surface area contributed by atoms with Gasteiger partial charge in [-0.3, -0.25) is 4.79 Å². The summed E-state index contributed by atoms with van der Waals surface area (Å²) in [5.74, 6) is -1.25. The SMILES string of the molecule is CCOC(=O)C(=O)N(C)C1CCCC1. The third-order valence-electron chi connectivity index (χ3n) is 2.64. The van der Waals surface area contributed by atoms with Gasteiger partial charge in [0.25, 0.3) is 0 Å². The molecule has 0 spiro atoms. The normalized spacial score (nSPS) is 16.7. The molecule has 1 aliphatic rings. The van der Waals surface area contributed by atoms with Crippen LogP contribution in [0.4, 0.5) is 0 Å². The lowest BCUT2D eigenvalue weighted by Crippen LogP contribution is -2.40. The van der Waals surface area contributed by atoms with Crippen LogP contribution >= 0.6 is 0 Å². The number of amides is 1. The van der Waals surface area contributed by atoms with Gasteiger partial charge in [0.05, 0.1) is 6.61 Å². The Hall–Kier alpha value is -1.06. The van der Waals surface area contributed by atoms with E-state index in [1.165, 1.54) is 4.90 Å². The molecule has 0 aromatic rings. The fraction of sp³-hybridized carbons (Fsp3) is 0.800. The van der Waals surface area contributed by atoms with Crippen LogP contribution < -0.4 is 0 Å². The number of carbonyl (C=O) groups is 2. The summed E-state index contributed by atoms with van der Waals surface area (Å²) in [5, 5.41) is 0. The Balaban J connectivity index is 2.46. The zero-order valence-electron chi connectivity index (χ0n) is 8.78. The molecule has 14 heavy (non-hydrogen) atoms. The van der Waals surface area contributed by atoms with E-state index in [0.717, 1.165) is 25.7 Å². The zero-order valence-corrected chi connectivity index (χ0v) is 8.78. The summed E-state index contributed by atoms with van der Waals surface area (Å²) in [6.45, 7) is 1.95. The van der Waals surface area contributed by atoms with Gasteiger partial charge >= 0.3 is 11.9 Å². The Morgan fingerprint density at radius 3 is 2.43 bits per heavy atom. The minimum Gasteiger partial charge on any atom is -0.459 e. The Kier molecular flexibility index (Phi) is 3.92. The van der Waals surface area contributed by atoms with E-state index in [1.54, 1.807) is 14.0 Å². The highest BCUT2D eigenvalue weighted by atomic mass is 16.5. The molecule has 1 amide bonds. The van der Waals surface area contributed by atoms with Crippen molar-refractivity contribution in [3.8, 4) is 0 Å². The van der Waals surface area contributed by atoms with Crippen LogP contribution in [0.1, 0.15) is 32.6 Å². The molecule has 0 bridgehead atoms. The molecule has 0 unspecified atom stereocenters. The quantitative estimate of drug-likeness (QED) is 0.491. The maximum Gasteiger partial charge on any atom is 0.397 e. The number of hydrogen-bond donors (Lipinski definition) is 0. The molecular formula is C10H17NO3. The standard InChI is InChI=1S/C10H17NO3/c1-3-14-10(13)9(12)11(2)8-6-4-5-7-8/h8H,3-7H2,1-2H3. The summed E-state index contributed by atoms with van der Waals surface area (Å²) in [6, 6.07) is 0.229. The van der Waals surface area contributed by atoms with E-state index in [0.29, 0.717) is 0 Å². The van der Waals surface area contributed by atoms with Gasteiger partial charge in [-0.2, -0.15) is 0 Å². The fourth-order valence-electron chi connectivity index (χ4n) is 1.79. The summed E-state index contributed by atoms with van der Waals surface area (Å²) in [7, 11) is 1.68. The maximum atomic E-state index is 11.5. The van der Waals surface area contributed by atoms with Gasteiger partial charge in [0.1, 0.15) is 0 Å². The molecule has 4 heteroatoms. The number of hydrogen-bond acceptors (Lipinski definition) is 3. The first-order valence-electron chi connectivity index (χ1n) is 5.10.